The highest BCUT2D eigenvalue weighted by Crippen LogP contribution is 2.37. The highest BCUT2D eigenvalue weighted by atomic mass is 127. The Kier molecular flexibility index (Phi) is 10.8. The van der Waals surface area contributed by atoms with Crippen molar-refractivity contribution in [1.82, 2.24) is 19.6 Å². The summed E-state index contributed by atoms with van der Waals surface area (Å²) in [5.74, 6) is 1.66. The molecule has 12 heteroatoms. The number of aromatic nitrogens is 4. The normalized spacial score (nSPS) is 16.7. The maximum Gasteiger partial charge on any atom is 0.498 e. The molecule has 1 fully saturated rings. The molecular formula is C32H42BIN4O6. The minimum Gasteiger partial charge on any atom is -0.497 e. The zero-order valence-electron chi connectivity index (χ0n) is 26.6. The molecule has 5 rings (SSSR count). The van der Waals surface area contributed by atoms with Gasteiger partial charge in [0.05, 0.1) is 60.0 Å². The van der Waals surface area contributed by atoms with Gasteiger partial charge in [-0.05, 0) is 99.5 Å². The van der Waals surface area contributed by atoms with E-state index in [1.807, 2.05) is 98.0 Å². The molecule has 0 amide bonds. The number of methoxy groups -OCH3 is 2. The lowest BCUT2D eigenvalue weighted by Gasteiger charge is -2.32. The van der Waals surface area contributed by atoms with Gasteiger partial charge in [-0.3, -0.25) is 9.36 Å². The van der Waals surface area contributed by atoms with Crippen LogP contribution in [0.15, 0.2) is 60.9 Å². The van der Waals surface area contributed by atoms with Crippen molar-refractivity contribution in [3.8, 4) is 11.5 Å². The molecule has 3 heterocycles. The molecule has 2 aromatic heterocycles. The smallest absolute Gasteiger partial charge is 0.497 e. The zero-order chi connectivity index (χ0) is 32.2. The van der Waals surface area contributed by atoms with E-state index in [1.54, 1.807) is 28.1 Å². The highest BCUT2D eigenvalue weighted by molar-refractivity contribution is 14.1. The third-order valence-corrected chi connectivity index (χ3v) is 8.70. The molecular weight excluding hydrogens is 674 g/mol. The van der Waals surface area contributed by atoms with Gasteiger partial charge in [-0.25, -0.2) is 0 Å². The van der Waals surface area contributed by atoms with Gasteiger partial charge >= 0.3 is 7.12 Å². The molecule has 0 radical (unpaired) electrons. The molecule has 0 saturated carbocycles. The van der Waals surface area contributed by atoms with Crippen molar-refractivity contribution in [2.45, 2.75) is 78.0 Å². The topological polar surface area (TPSA) is 113 Å². The van der Waals surface area contributed by atoms with E-state index >= 15 is 0 Å². The standard InChI is InChI=1S/C19H27BN2O4.C13H15IN2O2/c1-13(23)17-16(20-25-18(2,3)19(4,5)26-20)12-22(21-17)11-14-7-9-15(24-6)10-8-14;1-9(17)13-12(14)8-16(15-13)7-10-3-5-11(18-2)6-4-10/h7-10,12-13,23H,11H2,1-6H3;3-6,8-9,17H,7H2,1-2H3. The van der Waals surface area contributed by atoms with Crippen LogP contribution in [-0.4, -0.2) is 62.3 Å². The van der Waals surface area contributed by atoms with Crippen molar-refractivity contribution in [1.29, 1.82) is 0 Å². The van der Waals surface area contributed by atoms with Crippen LogP contribution in [0.2, 0.25) is 0 Å². The number of ether oxygens (including phenoxy) is 2. The summed E-state index contributed by atoms with van der Waals surface area (Å²) in [5, 5.41) is 28.7. The van der Waals surface area contributed by atoms with Gasteiger partial charge in [0.15, 0.2) is 0 Å². The Labute approximate surface area is 273 Å². The van der Waals surface area contributed by atoms with Crippen LogP contribution in [0.5, 0.6) is 11.5 Å². The SMILES string of the molecule is COc1ccc(Cn2cc(B3OC(C)(C)C(C)(C)O3)c(C(C)O)n2)cc1.COc1ccc(Cn2cc(I)c(C(C)O)n2)cc1. The van der Waals surface area contributed by atoms with Gasteiger partial charge in [0.1, 0.15) is 17.2 Å². The molecule has 2 aromatic carbocycles. The average molecular weight is 716 g/mol. The predicted octanol–water partition coefficient (Wildman–Crippen LogP) is 4.89. The first-order valence-electron chi connectivity index (χ1n) is 14.5. The summed E-state index contributed by atoms with van der Waals surface area (Å²) in [6.45, 7) is 12.7. The van der Waals surface area contributed by atoms with Crippen LogP contribution >= 0.6 is 22.6 Å². The zero-order valence-corrected chi connectivity index (χ0v) is 28.8. The molecule has 4 aromatic rings. The number of hydrogen-bond donors (Lipinski definition) is 2. The van der Waals surface area contributed by atoms with E-state index in [1.165, 1.54) is 0 Å². The van der Waals surface area contributed by atoms with E-state index in [0.717, 1.165) is 37.4 Å². The molecule has 1 aliphatic heterocycles. The second-order valence-corrected chi connectivity index (χ2v) is 13.0. The van der Waals surface area contributed by atoms with Crippen molar-refractivity contribution in [2.75, 3.05) is 14.2 Å². The number of rotatable bonds is 9. The molecule has 0 bridgehead atoms. The Morgan fingerprint density at radius 1 is 0.750 bits per heavy atom. The Morgan fingerprint density at radius 2 is 1.16 bits per heavy atom. The van der Waals surface area contributed by atoms with Crippen LogP contribution in [0.25, 0.3) is 0 Å². The van der Waals surface area contributed by atoms with Gasteiger partial charge in [0.25, 0.3) is 0 Å². The monoisotopic (exact) mass is 716 g/mol. The van der Waals surface area contributed by atoms with Gasteiger partial charge < -0.3 is 29.0 Å². The third kappa shape index (κ3) is 8.02. The molecule has 1 saturated heterocycles. The molecule has 2 N–H and O–H groups in total. The number of aliphatic hydroxyl groups excluding tert-OH is 2. The Morgan fingerprint density at radius 3 is 1.55 bits per heavy atom. The summed E-state index contributed by atoms with van der Waals surface area (Å²) >= 11 is 2.19. The number of halogens is 1. The van der Waals surface area contributed by atoms with Crippen molar-refractivity contribution in [3.05, 3.63) is 87.0 Å². The Bertz CT molecular complexity index is 1500. The maximum atomic E-state index is 10.2. The van der Waals surface area contributed by atoms with Crippen LogP contribution in [-0.2, 0) is 22.4 Å². The molecule has 10 nitrogen and oxygen atoms in total. The van der Waals surface area contributed by atoms with Crippen LogP contribution < -0.4 is 14.9 Å². The fraction of sp³-hybridized carbons (Fsp3) is 0.438. The van der Waals surface area contributed by atoms with E-state index < -0.39 is 30.5 Å². The molecule has 0 spiro atoms. The number of hydrogen-bond acceptors (Lipinski definition) is 8. The van der Waals surface area contributed by atoms with Crippen LogP contribution in [0.4, 0.5) is 0 Å². The fourth-order valence-corrected chi connectivity index (χ4v) is 5.50. The van der Waals surface area contributed by atoms with Crippen molar-refractivity contribution < 1.29 is 29.0 Å². The lowest BCUT2D eigenvalue weighted by Crippen LogP contribution is -2.41. The first-order valence-corrected chi connectivity index (χ1v) is 15.6. The molecule has 236 valence electrons. The predicted molar refractivity (Wildman–Crippen MR) is 178 cm³/mol. The highest BCUT2D eigenvalue weighted by Gasteiger charge is 2.53. The number of benzene rings is 2. The number of aliphatic hydroxyl groups is 2. The van der Waals surface area contributed by atoms with Crippen molar-refractivity contribution in [2.24, 2.45) is 0 Å². The summed E-state index contributed by atoms with van der Waals surface area (Å²) in [5.41, 5.74) is 3.43. The summed E-state index contributed by atoms with van der Waals surface area (Å²) in [7, 11) is 2.75. The summed E-state index contributed by atoms with van der Waals surface area (Å²) in [6, 6.07) is 15.7. The molecule has 2 unspecified atom stereocenters. The average Bonchev–Trinajstić information content (AvgIpc) is 3.62. The van der Waals surface area contributed by atoms with Gasteiger partial charge in [-0.2, -0.15) is 10.2 Å². The van der Waals surface area contributed by atoms with Gasteiger partial charge in [-0.15, -0.1) is 0 Å². The van der Waals surface area contributed by atoms with E-state index in [2.05, 4.69) is 32.8 Å². The Balaban J connectivity index is 0.000000215. The second kappa shape index (κ2) is 14.0. The van der Waals surface area contributed by atoms with Crippen molar-refractivity contribution >= 4 is 35.2 Å². The van der Waals surface area contributed by atoms with E-state index in [4.69, 9.17) is 18.8 Å². The quantitative estimate of drug-likeness (QED) is 0.186. The summed E-state index contributed by atoms with van der Waals surface area (Å²) in [6.07, 6.45) is 2.59. The van der Waals surface area contributed by atoms with Gasteiger partial charge in [0, 0.05) is 17.9 Å². The maximum absolute atomic E-state index is 10.2. The lowest BCUT2D eigenvalue weighted by atomic mass is 9.78. The van der Waals surface area contributed by atoms with E-state index in [0.29, 0.717) is 18.8 Å². The lowest BCUT2D eigenvalue weighted by molar-refractivity contribution is 0.00578. The first-order chi connectivity index (χ1) is 20.7. The third-order valence-electron chi connectivity index (χ3n) is 7.87. The van der Waals surface area contributed by atoms with Gasteiger partial charge in [-0.1, -0.05) is 24.3 Å². The minimum atomic E-state index is -0.707. The second-order valence-electron chi connectivity index (χ2n) is 11.9. The summed E-state index contributed by atoms with van der Waals surface area (Å²) in [4.78, 5) is 0. The van der Waals surface area contributed by atoms with Crippen LogP contribution in [0.3, 0.4) is 0 Å². The Hall–Kier alpha value is -2.91. The van der Waals surface area contributed by atoms with Gasteiger partial charge in [0.2, 0.25) is 0 Å². The molecule has 1 aliphatic rings. The molecule has 44 heavy (non-hydrogen) atoms. The van der Waals surface area contributed by atoms with Crippen molar-refractivity contribution in [3.63, 3.8) is 0 Å². The largest absolute Gasteiger partial charge is 0.498 e. The first kappa shape index (κ1) is 34.0. The fourth-order valence-electron chi connectivity index (χ4n) is 4.62. The van der Waals surface area contributed by atoms with E-state index in [9.17, 15) is 10.2 Å². The van der Waals surface area contributed by atoms with Crippen LogP contribution in [0.1, 0.15) is 76.3 Å². The molecule has 2 atom stereocenters. The van der Waals surface area contributed by atoms with E-state index in [-0.39, 0.29) is 0 Å². The number of nitrogens with zero attached hydrogens (tertiary/aromatic N) is 4. The van der Waals surface area contributed by atoms with Crippen LogP contribution in [0, 0.1) is 3.57 Å². The minimum absolute atomic E-state index is 0.439. The molecule has 0 aliphatic carbocycles. The summed E-state index contributed by atoms with van der Waals surface area (Å²) < 4.78 is 27.2.